The summed E-state index contributed by atoms with van der Waals surface area (Å²) in [5, 5.41) is 0. The second kappa shape index (κ2) is 6.85. The lowest BCUT2D eigenvalue weighted by atomic mass is 10.2. The predicted molar refractivity (Wildman–Crippen MR) is 76.3 cm³/mol. The highest BCUT2D eigenvalue weighted by Crippen LogP contribution is 2.18. The lowest BCUT2D eigenvalue weighted by Crippen LogP contribution is -2.19. The zero-order chi connectivity index (χ0) is 11.3. The van der Waals surface area contributed by atoms with Crippen molar-refractivity contribution in [1.29, 1.82) is 0 Å². The Hall–Kier alpha value is 0.370. The van der Waals surface area contributed by atoms with Gasteiger partial charge in [0, 0.05) is 12.6 Å². The number of rotatable bonds is 5. The number of methoxy groups -OCH3 is 1. The van der Waals surface area contributed by atoms with Crippen molar-refractivity contribution in [3.8, 4) is 5.75 Å². The molecule has 0 aromatic heterocycles. The number of nitrogens with zero attached hydrogens (tertiary/aromatic N) is 1. The zero-order valence-electron chi connectivity index (χ0n) is 8.34. The monoisotopic (exact) mass is 435 g/mol. The smallest absolute Gasteiger partial charge is 0.127 e. The molecule has 0 bridgehead atoms. The van der Waals surface area contributed by atoms with Crippen LogP contribution in [0.25, 0.3) is 0 Å². The van der Waals surface area contributed by atoms with Crippen LogP contribution in [-0.4, -0.2) is 21.1 Å². The van der Waals surface area contributed by atoms with Gasteiger partial charge in [0.1, 0.15) is 11.6 Å². The van der Waals surface area contributed by atoms with Crippen molar-refractivity contribution in [3.63, 3.8) is 0 Å². The molecular weight excluding hydrogens is 423 g/mol. The van der Waals surface area contributed by atoms with E-state index in [4.69, 9.17) is 4.74 Å². The molecule has 15 heavy (non-hydrogen) atoms. The third-order valence-corrected chi connectivity index (χ3v) is 3.84. The van der Waals surface area contributed by atoms with Crippen LogP contribution >= 0.6 is 45.2 Å². The fourth-order valence-electron chi connectivity index (χ4n) is 1.20. The van der Waals surface area contributed by atoms with Gasteiger partial charge in [-0.1, -0.05) is 45.2 Å². The van der Waals surface area contributed by atoms with E-state index < -0.39 is 0 Å². The van der Waals surface area contributed by atoms with Crippen LogP contribution in [0, 0.1) is 5.82 Å². The molecule has 0 aliphatic heterocycles. The Labute approximate surface area is 116 Å². The Morgan fingerprint density at radius 3 is 2.47 bits per heavy atom. The molecule has 0 saturated carbocycles. The van der Waals surface area contributed by atoms with E-state index in [1.165, 1.54) is 6.07 Å². The lowest BCUT2D eigenvalue weighted by molar-refractivity contribution is 0.381. The van der Waals surface area contributed by atoms with Gasteiger partial charge in [0.05, 0.1) is 16.2 Å². The summed E-state index contributed by atoms with van der Waals surface area (Å²) >= 11 is 4.60. The van der Waals surface area contributed by atoms with Crippen LogP contribution in [0.1, 0.15) is 5.56 Å². The Kier molecular flexibility index (Phi) is 6.13. The van der Waals surface area contributed by atoms with Crippen molar-refractivity contribution in [1.82, 2.24) is 4.90 Å². The van der Waals surface area contributed by atoms with E-state index in [-0.39, 0.29) is 5.82 Å². The Bertz CT molecular complexity index is 318. The maximum absolute atomic E-state index is 13.2. The largest absolute Gasteiger partial charge is 0.497 e. The SMILES string of the molecule is COc1cc(F)cc(CN(CI)CI)c1. The predicted octanol–water partition coefficient (Wildman–Crippen LogP) is 3.42. The first-order valence-corrected chi connectivity index (χ1v) is 7.42. The minimum absolute atomic E-state index is 0.244. The number of ether oxygens (including phenoxy) is 1. The molecule has 1 aromatic rings. The molecule has 1 rings (SSSR count). The van der Waals surface area contributed by atoms with Crippen LogP contribution in [0.3, 0.4) is 0 Å². The van der Waals surface area contributed by atoms with Gasteiger partial charge in [-0.15, -0.1) is 0 Å². The third-order valence-electron chi connectivity index (χ3n) is 1.91. The Balaban J connectivity index is 2.79. The highest BCUT2D eigenvalue weighted by Gasteiger charge is 2.05. The summed E-state index contributed by atoms with van der Waals surface area (Å²) in [4.78, 5) is 2.20. The van der Waals surface area contributed by atoms with Crippen LogP contribution in [0.15, 0.2) is 18.2 Å². The van der Waals surface area contributed by atoms with Gasteiger partial charge in [0.25, 0.3) is 0 Å². The van der Waals surface area contributed by atoms with E-state index in [0.717, 1.165) is 21.2 Å². The highest BCUT2D eigenvalue weighted by molar-refractivity contribution is 14.1. The standard InChI is InChI=1S/C10H12FI2NO/c1-15-10-3-8(2-9(11)4-10)5-14(6-12)7-13/h2-4H,5-7H2,1H3. The summed E-state index contributed by atoms with van der Waals surface area (Å²) in [7, 11) is 1.55. The summed E-state index contributed by atoms with van der Waals surface area (Å²) in [6.07, 6.45) is 0. The molecule has 0 heterocycles. The molecule has 0 saturated heterocycles. The van der Waals surface area contributed by atoms with Crippen LogP contribution < -0.4 is 4.74 Å². The minimum Gasteiger partial charge on any atom is -0.497 e. The van der Waals surface area contributed by atoms with Gasteiger partial charge in [-0.05, 0) is 17.7 Å². The number of alkyl halides is 2. The van der Waals surface area contributed by atoms with Gasteiger partial charge >= 0.3 is 0 Å². The average Bonchev–Trinajstić information content (AvgIpc) is 2.25. The van der Waals surface area contributed by atoms with Crippen LogP contribution in [-0.2, 0) is 6.54 Å². The quantitative estimate of drug-likeness (QED) is 0.400. The first-order chi connectivity index (χ1) is 7.19. The van der Waals surface area contributed by atoms with Gasteiger partial charge in [0.2, 0.25) is 0 Å². The molecule has 2 nitrogen and oxygen atoms in total. The maximum atomic E-state index is 13.2. The molecule has 0 aliphatic carbocycles. The molecule has 0 atom stereocenters. The van der Waals surface area contributed by atoms with E-state index in [2.05, 4.69) is 50.1 Å². The van der Waals surface area contributed by atoms with E-state index in [1.807, 2.05) is 6.07 Å². The van der Waals surface area contributed by atoms with Gasteiger partial charge in [0.15, 0.2) is 0 Å². The number of hydrogen-bond acceptors (Lipinski definition) is 2. The van der Waals surface area contributed by atoms with Crippen molar-refractivity contribution in [2.45, 2.75) is 6.54 Å². The molecule has 0 unspecified atom stereocenters. The molecule has 0 aliphatic rings. The van der Waals surface area contributed by atoms with Gasteiger partial charge in [-0.2, -0.15) is 0 Å². The molecular formula is C10H12FI2NO. The second-order valence-corrected chi connectivity index (χ2v) is 4.43. The lowest BCUT2D eigenvalue weighted by Gasteiger charge is -2.16. The molecule has 5 heteroatoms. The summed E-state index contributed by atoms with van der Waals surface area (Å²) < 4.78 is 20.1. The average molecular weight is 435 g/mol. The third kappa shape index (κ3) is 4.39. The summed E-state index contributed by atoms with van der Waals surface area (Å²) in [6, 6.07) is 4.81. The fraction of sp³-hybridized carbons (Fsp3) is 0.400. The summed E-state index contributed by atoms with van der Waals surface area (Å²) in [5.41, 5.74) is 0.945. The number of hydrogen-bond donors (Lipinski definition) is 0. The fourth-order valence-corrected chi connectivity index (χ4v) is 3.09. The van der Waals surface area contributed by atoms with Crippen molar-refractivity contribution < 1.29 is 9.13 Å². The molecule has 0 fully saturated rings. The van der Waals surface area contributed by atoms with Crippen molar-refractivity contribution in [2.75, 3.05) is 16.2 Å². The Morgan fingerprint density at radius 2 is 1.93 bits per heavy atom. The van der Waals surface area contributed by atoms with Crippen LogP contribution in [0.5, 0.6) is 5.75 Å². The van der Waals surface area contributed by atoms with Crippen LogP contribution in [0.4, 0.5) is 4.39 Å². The van der Waals surface area contributed by atoms with E-state index in [1.54, 1.807) is 13.2 Å². The van der Waals surface area contributed by atoms with Crippen molar-refractivity contribution in [2.24, 2.45) is 0 Å². The topological polar surface area (TPSA) is 12.5 Å². The molecule has 84 valence electrons. The van der Waals surface area contributed by atoms with E-state index in [0.29, 0.717) is 5.75 Å². The first kappa shape index (κ1) is 13.4. The Morgan fingerprint density at radius 1 is 1.27 bits per heavy atom. The molecule has 0 N–H and O–H groups in total. The maximum Gasteiger partial charge on any atom is 0.127 e. The molecule has 0 amide bonds. The zero-order valence-corrected chi connectivity index (χ0v) is 12.7. The second-order valence-electron chi connectivity index (χ2n) is 3.07. The van der Waals surface area contributed by atoms with Crippen LogP contribution in [0.2, 0.25) is 0 Å². The summed E-state index contributed by atoms with van der Waals surface area (Å²) in [6.45, 7) is 0.750. The van der Waals surface area contributed by atoms with Crippen molar-refractivity contribution >= 4 is 45.2 Å². The van der Waals surface area contributed by atoms with E-state index >= 15 is 0 Å². The minimum atomic E-state index is -0.244. The number of halogens is 3. The number of benzene rings is 1. The molecule has 0 radical (unpaired) electrons. The molecule has 1 aromatic carbocycles. The van der Waals surface area contributed by atoms with Gasteiger partial charge in [-0.25, -0.2) is 4.39 Å². The highest BCUT2D eigenvalue weighted by atomic mass is 127. The first-order valence-electron chi connectivity index (χ1n) is 4.37. The summed E-state index contributed by atoms with van der Waals surface area (Å²) in [5.74, 6) is 0.332. The normalized spacial score (nSPS) is 10.7. The van der Waals surface area contributed by atoms with Crippen molar-refractivity contribution in [3.05, 3.63) is 29.6 Å². The van der Waals surface area contributed by atoms with E-state index in [9.17, 15) is 4.39 Å². The van der Waals surface area contributed by atoms with Gasteiger partial charge < -0.3 is 4.74 Å². The molecule has 0 spiro atoms. The van der Waals surface area contributed by atoms with Gasteiger partial charge in [-0.3, -0.25) is 4.90 Å².